The van der Waals surface area contributed by atoms with Gasteiger partial charge >= 0.3 is 0 Å². The number of amides is 1. The Morgan fingerprint density at radius 3 is 2.92 bits per heavy atom. The standard InChI is InChI=1S/C7H10F2N2O2/c8-5(9)4-13-2-1-6-10-3-7(12)11-6/h5H,1-4H2,(H,10,11,12). The van der Waals surface area contributed by atoms with Gasteiger partial charge in [0.05, 0.1) is 6.61 Å². The average molecular weight is 192 g/mol. The number of nitrogens with zero attached hydrogens (tertiary/aromatic N) is 1. The minimum Gasteiger partial charge on any atom is -0.375 e. The second-order valence-electron chi connectivity index (χ2n) is 2.53. The maximum Gasteiger partial charge on any atom is 0.261 e. The zero-order chi connectivity index (χ0) is 9.68. The molecule has 1 heterocycles. The van der Waals surface area contributed by atoms with Crippen LogP contribution in [0.2, 0.25) is 0 Å². The average Bonchev–Trinajstić information content (AvgIpc) is 2.45. The van der Waals surface area contributed by atoms with E-state index in [9.17, 15) is 13.6 Å². The van der Waals surface area contributed by atoms with E-state index in [0.717, 1.165) is 0 Å². The minimum absolute atomic E-state index is 0.129. The van der Waals surface area contributed by atoms with Gasteiger partial charge < -0.3 is 10.1 Å². The van der Waals surface area contributed by atoms with Crippen molar-refractivity contribution in [3.05, 3.63) is 0 Å². The first-order chi connectivity index (χ1) is 6.18. The molecule has 1 aliphatic rings. The number of alkyl halides is 2. The van der Waals surface area contributed by atoms with E-state index in [-0.39, 0.29) is 19.1 Å². The Morgan fingerprint density at radius 1 is 1.62 bits per heavy atom. The summed E-state index contributed by atoms with van der Waals surface area (Å²) in [5.74, 6) is 0.350. The Hall–Kier alpha value is -1.04. The van der Waals surface area contributed by atoms with Crippen molar-refractivity contribution in [3.8, 4) is 0 Å². The largest absolute Gasteiger partial charge is 0.375 e. The lowest BCUT2D eigenvalue weighted by Gasteiger charge is -2.02. The van der Waals surface area contributed by atoms with Crippen LogP contribution in [0.3, 0.4) is 0 Å². The molecule has 0 aliphatic carbocycles. The van der Waals surface area contributed by atoms with Crippen LogP contribution in [0.25, 0.3) is 0 Å². The van der Waals surface area contributed by atoms with Crippen LogP contribution in [-0.2, 0) is 9.53 Å². The summed E-state index contributed by atoms with van der Waals surface area (Å²) in [5, 5.41) is 2.49. The molecule has 0 radical (unpaired) electrons. The van der Waals surface area contributed by atoms with Crippen molar-refractivity contribution in [1.82, 2.24) is 5.32 Å². The number of rotatable bonds is 5. The highest BCUT2D eigenvalue weighted by Crippen LogP contribution is 1.96. The molecule has 0 aromatic heterocycles. The zero-order valence-corrected chi connectivity index (χ0v) is 6.93. The fraction of sp³-hybridized carbons (Fsp3) is 0.714. The molecular formula is C7H10F2N2O2. The van der Waals surface area contributed by atoms with E-state index in [2.05, 4.69) is 15.0 Å². The van der Waals surface area contributed by atoms with E-state index in [0.29, 0.717) is 12.3 Å². The number of halogens is 2. The van der Waals surface area contributed by atoms with Crippen molar-refractivity contribution in [2.24, 2.45) is 4.99 Å². The summed E-state index contributed by atoms with van der Waals surface area (Å²) >= 11 is 0. The topological polar surface area (TPSA) is 50.7 Å². The third-order valence-corrected chi connectivity index (χ3v) is 1.42. The van der Waals surface area contributed by atoms with E-state index < -0.39 is 13.0 Å². The van der Waals surface area contributed by atoms with Crippen LogP contribution < -0.4 is 5.32 Å². The van der Waals surface area contributed by atoms with Crippen LogP contribution >= 0.6 is 0 Å². The van der Waals surface area contributed by atoms with Crippen molar-refractivity contribution in [2.45, 2.75) is 12.8 Å². The summed E-state index contributed by atoms with van der Waals surface area (Å²) in [6.07, 6.45) is -2.07. The summed E-state index contributed by atoms with van der Waals surface area (Å²) in [6, 6.07) is 0. The third-order valence-electron chi connectivity index (χ3n) is 1.42. The lowest BCUT2D eigenvalue weighted by Crippen LogP contribution is -2.25. The van der Waals surface area contributed by atoms with Crippen LogP contribution in [0.15, 0.2) is 4.99 Å². The van der Waals surface area contributed by atoms with Crippen LogP contribution in [-0.4, -0.2) is 37.9 Å². The smallest absolute Gasteiger partial charge is 0.261 e. The number of ether oxygens (including phenoxy) is 1. The highest BCUT2D eigenvalue weighted by molar-refractivity contribution is 6.03. The molecule has 0 unspecified atom stereocenters. The Balaban J connectivity index is 2.03. The zero-order valence-electron chi connectivity index (χ0n) is 6.93. The number of hydrogen-bond acceptors (Lipinski definition) is 3. The van der Waals surface area contributed by atoms with Crippen molar-refractivity contribution < 1.29 is 18.3 Å². The van der Waals surface area contributed by atoms with E-state index in [1.165, 1.54) is 0 Å². The Bertz CT molecular complexity index is 219. The van der Waals surface area contributed by atoms with Gasteiger partial charge in [0.1, 0.15) is 19.0 Å². The summed E-state index contributed by atoms with van der Waals surface area (Å²) < 4.78 is 27.8. The maximum atomic E-state index is 11.6. The highest BCUT2D eigenvalue weighted by Gasteiger charge is 2.12. The number of amidine groups is 1. The summed E-state index contributed by atoms with van der Waals surface area (Å²) in [4.78, 5) is 14.4. The fourth-order valence-electron chi connectivity index (χ4n) is 0.890. The molecule has 0 spiro atoms. The van der Waals surface area contributed by atoms with Gasteiger partial charge in [-0.3, -0.25) is 9.79 Å². The van der Waals surface area contributed by atoms with Gasteiger partial charge in [-0.05, 0) is 0 Å². The molecule has 1 N–H and O–H groups in total. The lowest BCUT2D eigenvalue weighted by atomic mass is 10.4. The Labute approximate surface area is 74.0 Å². The first-order valence-corrected chi connectivity index (χ1v) is 3.87. The van der Waals surface area contributed by atoms with Crippen LogP contribution in [0.4, 0.5) is 8.78 Å². The molecule has 0 bridgehead atoms. The van der Waals surface area contributed by atoms with Crippen molar-refractivity contribution in [3.63, 3.8) is 0 Å². The van der Waals surface area contributed by atoms with Crippen LogP contribution in [0.1, 0.15) is 6.42 Å². The van der Waals surface area contributed by atoms with Gasteiger partial charge in [-0.25, -0.2) is 8.78 Å². The first kappa shape index (κ1) is 10.0. The number of carbonyl (C=O) groups excluding carboxylic acids is 1. The molecule has 4 nitrogen and oxygen atoms in total. The number of hydrogen-bond donors (Lipinski definition) is 1. The van der Waals surface area contributed by atoms with E-state index in [4.69, 9.17) is 0 Å². The van der Waals surface area contributed by atoms with E-state index in [1.807, 2.05) is 0 Å². The predicted molar refractivity (Wildman–Crippen MR) is 41.9 cm³/mol. The molecule has 74 valence electrons. The van der Waals surface area contributed by atoms with Crippen LogP contribution in [0.5, 0.6) is 0 Å². The molecule has 0 atom stereocenters. The van der Waals surface area contributed by atoms with Gasteiger partial charge in [-0.15, -0.1) is 0 Å². The minimum atomic E-state index is -2.44. The second kappa shape index (κ2) is 4.86. The van der Waals surface area contributed by atoms with Gasteiger partial charge in [-0.1, -0.05) is 0 Å². The predicted octanol–water partition coefficient (Wildman–Crippen LogP) is 0.186. The molecule has 0 fully saturated rings. The highest BCUT2D eigenvalue weighted by atomic mass is 19.3. The SMILES string of the molecule is O=C1CN=C(CCOCC(F)F)N1. The number of carbonyl (C=O) groups is 1. The fourth-order valence-corrected chi connectivity index (χ4v) is 0.890. The lowest BCUT2D eigenvalue weighted by molar-refractivity contribution is -0.117. The molecule has 13 heavy (non-hydrogen) atoms. The maximum absolute atomic E-state index is 11.6. The summed E-state index contributed by atoms with van der Waals surface area (Å²) in [5.41, 5.74) is 0. The van der Waals surface area contributed by atoms with Crippen molar-refractivity contribution in [2.75, 3.05) is 19.8 Å². The Kier molecular flexibility index (Phi) is 3.75. The molecule has 0 aromatic rings. The van der Waals surface area contributed by atoms with Gasteiger partial charge in [0.2, 0.25) is 5.91 Å². The second-order valence-corrected chi connectivity index (χ2v) is 2.53. The third kappa shape index (κ3) is 3.93. The molecule has 1 aliphatic heterocycles. The molecule has 0 aromatic carbocycles. The Morgan fingerprint density at radius 2 is 2.38 bits per heavy atom. The van der Waals surface area contributed by atoms with Gasteiger partial charge in [0.15, 0.2) is 0 Å². The van der Waals surface area contributed by atoms with Gasteiger partial charge in [0, 0.05) is 6.42 Å². The van der Waals surface area contributed by atoms with E-state index in [1.54, 1.807) is 0 Å². The molecule has 1 amide bonds. The van der Waals surface area contributed by atoms with Crippen molar-refractivity contribution in [1.29, 1.82) is 0 Å². The molecule has 0 saturated heterocycles. The number of aliphatic imine (C=N–C) groups is 1. The molecular weight excluding hydrogens is 182 g/mol. The van der Waals surface area contributed by atoms with Crippen molar-refractivity contribution >= 4 is 11.7 Å². The molecule has 1 rings (SSSR count). The van der Waals surface area contributed by atoms with Crippen LogP contribution in [0, 0.1) is 0 Å². The summed E-state index contributed by atoms with van der Waals surface area (Å²) in [7, 11) is 0. The first-order valence-electron chi connectivity index (χ1n) is 3.87. The van der Waals surface area contributed by atoms with E-state index >= 15 is 0 Å². The quantitative estimate of drug-likeness (QED) is 0.632. The summed E-state index contributed by atoms with van der Waals surface area (Å²) in [6.45, 7) is -0.283. The van der Waals surface area contributed by atoms with Gasteiger partial charge in [-0.2, -0.15) is 0 Å². The normalized spacial score (nSPS) is 16.2. The molecule has 6 heteroatoms. The van der Waals surface area contributed by atoms with Gasteiger partial charge in [0.25, 0.3) is 6.43 Å². The molecule has 0 saturated carbocycles. The number of nitrogens with one attached hydrogen (secondary N) is 1. The monoisotopic (exact) mass is 192 g/mol.